The average molecular weight is 289 g/mol. The van der Waals surface area contributed by atoms with E-state index in [1.54, 1.807) is 23.5 Å². The van der Waals surface area contributed by atoms with Gasteiger partial charge in [-0.2, -0.15) is 0 Å². The summed E-state index contributed by atoms with van der Waals surface area (Å²) < 4.78 is 4.98. The molecule has 20 heavy (non-hydrogen) atoms. The Hall–Kier alpha value is -2.21. The molecule has 3 aromatic rings. The second-order valence-corrected chi connectivity index (χ2v) is 5.81. The zero-order valence-electron chi connectivity index (χ0n) is 11.0. The van der Waals surface area contributed by atoms with Gasteiger partial charge in [-0.1, -0.05) is 6.07 Å². The van der Waals surface area contributed by atoms with Gasteiger partial charge in [-0.15, -0.1) is 11.3 Å². The molecule has 2 aromatic heterocycles. The number of hydrogen-bond donors (Lipinski definition) is 3. The van der Waals surface area contributed by atoms with E-state index in [1.807, 2.05) is 6.07 Å². The highest BCUT2D eigenvalue weighted by Crippen LogP contribution is 2.25. The van der Waals surface area contributed by atoms with E-state index in [0.717, 1.165) is 12.1 Å². The maximum Gasteiger partial charge on any atom is 0.417 e. The summed E-state index contributed by atoms with van der Waals surface area (Å²) in [5, 5.41) is 5.44. The number of thiophene rings is 1. The van der Waals surface area contributed by atoms with Crippen molar-refractivity contribution in [1.82, 2.24) is 4.98 Å². The first-order valence-electron chi connectivity index (χ1n) is 6.33. The first-order valence-corrected chi connectivity index (χ1v) is 7.21. The number of anilines is 2. The summed E-state index contributed by atoms with van der Waals surface area (Å²) in [4.78, 5) is 15.1. The number of benzene rings is 1. The minimum Gasteiger partial charge on any atom is -0.408 e. The van der Waals surface area contributed by atoms with E-state index in [0.29, 0.717) is 16.8 Å². The normalized spacial score (nSPS) is 12.7. The van der Waals surface area contributed by atoms with Gasteiger partial charge in [-0.3, -0.25) is 4.98 Å². The number of fused-ring (bicyclic) bond motifs is 1. The summed E-state index contributed by atoms with van der Waals surface area (Å²) in [6, 6.07) is 7.87. The summed E-state index contributed by atoms with van der Waals surface area (Å²) in [5.41, 5.74) is 8.48. The maximum atomic E-state index is 11.2. The van der Waals surface area contributed by atoms with Gasteiger partial charge < -0.3 is 15.5 Å². The highest BCUT2D eigenvalue weighted by atomic mass is 32.1. The molecule has 3 rings (SSSR count). The molecule has 5 nitrogen and oxygen atoms in total. The summed E-state index contributed by atoms with van der Waals surface area (Å²) in [6.07, 6.45) is 0.928. The van der Waals surface area contributed by atoms with Gasteiger partial charge >= 0.3 is 5.76 Å². The number of oxazole rings is 1. The molecule has 0 fully saturated rings. The van der Waals surface area contributed by atoms with Gasteiger partial charge in [0.05, 0.1) is 16.9 Å². The molecule has 1 aromatic carbocycles. The van der Waals surface area contributed by atoms with E-state index in [-0.39, 0.29) is 6.04 Å². The van der Waals surface area contributed by atoms with Crippen LogP contribution in [0, 0.1) is 0 Å². The Morgan fingerprint density at radius 1 is 1.50 bits per heavy atom. The fourth-order valence-corrected chi connectivity index (χ4v) is 3.02. The van der Waals surface area contributed by atoms with Crippen molar-refractivity contribution in [3.05, 3.63) is 45.1 Å². The average Bonchev–Trinajstić information content (AvgIpc) is 2.98. The Morgan fingerprint density at radius 3 is 3.10 bits per heavy atom. The Bertz CT molecular complexity index is 773. The van der Waals surface area contributed by atoms with Crippen LogP contribution in [0.3, 0.4) is 0 Å². The highest BCUT2D eigenvalue weighted by molar-refractivity contribution is 7.09. The van der Waals surface area contributed by atoms with Gasteiger partial charge in [0.15, 0.2) is 5.58 Å². The first kappa shape index (κ1) is 12.8. The lowest BCUT2D eigenvalue weighted by molar-refractivity contribution is 0.555. The monoisotopic (exact) mass is 289 g/mol. The molecule has 0 aliphatic carbocycles. The van der Waals surface area contributed by atoms with Gasteiger partial charge in [-0.25, -0.2) is 4.79 Å². The molecular weight excluding hydrogens is 274 g/mol. The summed E-state index contributed by atoms with van der Waals surface area (Å²) in [5.74, 6) is -0.469. The van der Waals surface area contributed by atoms with Crippen LogP contribution in [0.5, 0.6) is 0 Å². The molecule has 6 heteroatoms. The van der Waals surface area contributed by atoms with E-state index in [2.05, 4.69) is 28.7 Å². The lowest BCUT2D eigenvalue weighted by Crippen LogP contribution is -2.18. The van der Waals surface area contributed by atoms with Crippen LogP contribution >= 0.6 is 11.3 Å². The topological polar surface area (TPSA) is 84.0 Å². The molecule has 0 spiro atoms. The standard InChI is InChI=1S/C14H15N3O2S/c1-8(5-9-3-2-4-20-9)16-11-7-12-13(6-10(11)15)19-14(18)17-12/h2-4,6-8,16H,5,15H2,1H3,(H,17,18). The van der Waals surface area contributed by atoms with Crippen molar-refractivity contribution in [3.63, 3.8) is 0 Å². The second kappa shape index (κ2) is 5.05. The summed E-state index contributed by atoms with van der Waals surface area (Å²) >= 11 is 1.74. The Kier molecular flexibility index (Phi) is 3.23. The van der Waals surface area contributed by atoms with E-state index in [4.69, 9.17) is 10.2 Å². The predicted molar refractivity (Wildman–Crippen MR) is 82.4 cm³/mol. The first-order chi connectivity index (χ1) is 9.61. The molecule has 0 bridgehead atoms. The number of nitrogens with one attached hydrogen (secondary N) is 2. The lowest BCUT2D eigenvalue weighted by atomic mass is 10.1. The second-order valence-electron chi connectivity index (χ2n) is 4.78. The van der Waals surface area contributed by atoms with Crippen LogP contribution in [-0.4, -0.2) is 11.0 Å². The van der Waals surface area contributed by atoms with E-state index in [1.165, 1.54) is 4.88 Å². The van der Waals surface area contributed by atoms with Gasteiger partial charge in [0.2, 0.25) is 0 Å². The lowest BCUT2D eigenvalue weighted by Gasteiger charge is -2.16. The minimum absolute atomic E-state index is 0.243. The number of hydrogen-bond acceptors (Lipinski definition) is 5. The molecule has 104 valence electrons. The maximum absolute atomic E-state index is 11.2. The SMILES string of the molecule is CC(Cc1cccs1)Nc1cc2[nH]c(=O)oc2cc1N. The molecule has 0 radical (unpaired) electrons. The summed E-state index contributed by atoms with van der Waals surface area (Å²) in [7, 11) is 0. The quantitative estimate of drug-likeness (QED) is 0.645. The van der Waals surface area contributed by atoms with Crippen LogP contribution in [0.2, 0.25) is 0 Å². The molecule has 1 unspecified atom stereocenters. The largest absolute Gasteiger partial charge is 0.417 e. The van der Waals surface area contributed by atoms with Crippen molar-refractivity contribution in [3.8, 4) is 0 Å². The fraction of sp³-hybridized carbons (Fsp3) is 0.214. The van der Waals surface area contributed by atoms with E-state index in [9.17, 15) is 4.79 Å². The molecule has 0 aliphatic rings. The molecule has 0 saturated heterocycles. The zero-order valence-corrected chi connectivity index (χ0v) is 11.8. The van der Waals surface area contributed by atoms with Gasteiger partial charge in [0, 0.05) is 23.4 Å². The number of aromatic nitrogens is 1. The van der Waals surface area contributed by atoms with Crippen LogP contribution in [0.15, 0.2) is 38.9 Å². The van der Waals surface area contributed by atoms with Crippen molar-refractivity contribution in [1.29, 1.82) is 0 Å². The minimum atomic E-state index is -0.469. The van der Waals surface area contributed by atoms with Crippen LogP contribution in [-0.2, 0) is 6.42 Å². The van der Waals surface area contributed by atoms with Gasteiger partial charge in [0.1, 0.15) is 0 Å². The van der Waals surface area contributed by atoms with E-state index >= 15 is 0 Å². The molecule has 4 N–H and O–H groups in total. The Balaban J connectivity index is 1.82. The molecule has 0 aliphatic heterocycles. The molecule has 0 amide bonds. The number of rotatable bonds is 4. The number of nitrogen functional groups attached to an aromatic ring is 1. The third kappa shape index (κ3) is 2.55. The fourth-order valence-electron chi connectivity index (χ4n) is 2.18. The molecule has 1 atom stereocenters. The highest BCUT2D eigenvalue weighted by Gasteiger charge is 2.10. The zero-order chi connectivity index (χ0) is 14.1. The number of aromatic amines is 1. The predicted octanol–water partition coefficient (Wildman–Crippen LogP) is 2.81. The van der Waals surface area contributed by atoms with Crippen molar-refractivity contribution in [2.75, 3.05) is 11.1 Å². The van der Waals surface area contributed by atoms with Crippen molar-refractivity contribution < 1.29 is 4.42 Å². The van der Waals surface area contributed by atoms with Crippen LogP contribution in [0.1, 0.15) is 11.8 Å². The van der Waals surface area contributed by atoms with Crippen LogP contribution < -0.4 is 16.8 Å². The Labute approximate surface area is 119 Å². The number of H-pyrrole nitrogens is 1. The molecule has 2 heterocycles. The van der Waals surface area contributed by atoms with E-state index < -0.39 is 5.76 Å². The number of nitrogens with two attached hydrogens (primary N) is 1. The van der Waals surface area contributed by atoms with Gasteiger partial charge in [0.25, 0.3) is 0 Å². The van der Waals surface area contributed by atoms with Crippen molar-refractivity contribution in [2.24, 2.45) is 0 Å². The third-order valence-corrected chi connectivity index (χ3v) is 3.98. The Morgan fingerprint density at radius 2 is 2.35 bits per heavy atom. The molecule has 0 saturated carbocycles. The molecular formula is C14H15N3O2S. The van der Waals surface area contributed by atoms with Crippen LogP contribution in [0.25, 0.3) is 11.1 Å². The summed E-state index contributed by atoms with van der Waals surface area (Å²) in [6.45, 7) is 2.10. The van der Waals surface area contributed by atoms with Crippen molar-refractivity contribution >= 4 is 33.8 Å². The van der Waals surface area contributed by atoms with Crippen molar-refractivity contribution in [2.45, 2.75) is 19.4 Å². The van der Waals surface area contributed by atoms with Crippen LogP contribution in [0.4, 0.5) is 11.4 Å². The van der Waals surface area contributed by atoms with Gasteiger partial charge in [-0.05, 0) is 24.4 Å². The third-order valence-electron chi connectivity index (χ3n) is 3.08. The smallest absolute Gasteiger partial charge is 0.408 e.